The number of rotatable bonds is 5. The molecule has 5 nitrogen and oxygen atoms in total. The van der Waals surface area contributed by atoms with Gasteiger partial charge in [-0.1, -0.05) is 19.8 Å². The fourth-order valence-electron chi connectivity index (χ4n) is 1.34. The molecular weight excluding hydrogens is 328 g/mol. The molecule has 19 heavy (non-hydrogen) atoms. The van der Waals surface area contributed by atoms with Gasteiger partial charge in [0, 0.05) is 23.4 Å². The van der Waals surface area contributed by atoms with Gasteiger partial charge < -0.3 is 5.32 Å². The number of nitrogens with one attached hydrogen (secondary N) is 3. The molecule has 0 atom stereocenters. The Hall–Kier alpha value is -1.21. The van der Waals surface area contributed by atoms with Crippen molar-refractivity contribution in [2.24, 2.45) is 0 Å². The fourth-order valence-corrected chi connectivity index (χ4v) is 1.86. The minimum atomic E-state index is -0.286. The van der Waals surface area contributed by atoms with E-state index in [1.807, 2.05) is 0 Å². The molecule has 1 amide bonds. The SMILES string of the molecule is CCCCCNC(=S)NNC(=O)c1cncc(Br)c1. The largest absolute Gasteiger partial charge is 0.361 e. The Morgan fingerprint density at radius 2 is 2.16 bits per heavy atom. The third-order valence-electron chi connectivity index (χ3n) is 2.32. The summed E-state index contributed by atoms with van der Waals surface area (Å²) in [5.74, 6) is -0.286. The Kier molecular flexibility index (Phi) is 7.35. The zero-order valence-electron chi connectivity index (χ0n) is 10.7. The second-order valence-electron chi connectivity index (χ2n) is 3.93. The van der Waals surface area contributed by atoms with Gasteiger partial charge in [0.2, 0.25) is 0 Å². The quantitative estimate of drug-likeness (QED) is 0.434. The van der Waals surface area contributed by atoms with Crippen molar-refractivity contribution in [2.75, 3.05) is 6.54 Å². The summed E-state index contributed by atoms with van der Waals surface area (Å²) in [4.78, 5) is 15.7. The van der Waals surface area contributed by atoms with Crippen molar-refractivity contribution in [2.45, 2.75) is 26.2 Å². The molecule has 3 N–H and O–H groups in total. The summed E-state index contributed by atoms with van der Waals surface area (Å²) in [5, 5.41) is 3.43. The van der Waals surface area contributed by atoms with Crippen LogP contribution in [0.3, 0.4) is 0 Å². The summed E-state index contributed by atoms with van der Waals surface area (Å²) in [5.41, 5.74) is 5.62. The van der Waals surface area contributed by atoms with Crippen molar-refractivity contribution in [1.29, 1.82) is 0 Å². The monoisotopic (exact) mass is 344 g/mol. The highest BCUT2D eigenvalue weighted by atomic mass is 79.9. The predicted molar refractivity (Wildman–Crippen MR) is 82.7 cm³/mol. The number of aromatic nitrogens is 1. The molecule has 0 aromatic carbocycles. The van der Waals surface area contributed by atoms with Crippen LogP contribution < -0.4 is 16.2 Å². The Labute approximate surface area is 126 Å². The summed E-state index contributed by atoms with van der Waals surface area (Å²) in [6.07, 6.45) is 6.48. The minimum absolute atomic E-state index is 0.286. The van der Waals surface area contributed by atoms with E-state index in [9.17, 15) is 4.79 Å². The molecule has 0 aliphatic rings. The van der Waals surface area contributed by atoms with Gasteiger partial charge in [0.05, 0.1) is 5.56 Å². The van der Waals surface area contributed by atoms with Crippen LogP contribution >= 0.6 is 28.1 Å². The van der Waals surface area contributed by atoms with Gasteiger partial charge in [0.25, 0.3) is 5.91 Å². The smallest absolute Gasteiger partial charge is 0.271 e. The summed E-state index contributed by atoms with van der Waals surface area (Å²) in [7, 11) is 0. The van der Waals surface area contributed by atoms with Crippen LogP contribution in [0.4, 0.5) is 0 Å². The van der Waals surface area contributed by atoms with Crippen LogP contribution in [0.5, 0.6) is 0 Å². The first-order chi connectivity index (χ1) is 9.13. The zero-order valence-corrected chi connectivity index (χ0v) is 13.1. The molecule has 0 aliphatic carbocycles. The molecule has 0 radical (unpaired) electrons. The number of carbonyl (C=O) groups excluding carboxylic acids is 1. The van der Waals surface area contributed by atoms with Gasteiger partial charge in [-0.2, -0.15) is 0 Å². The molecule has 0 spiro atoms. The lowest BCUT2D eigenvalue weighted by atomic mass is 10.2. The Morgan fingerprint density at radius 3 is 2.84 bits per heavy atom. The lowest BCUT2D eigenvalue weighted by Crippen LogP contribution is -2.47. The molecule has 1 rings (SSSR count). The maximum absolute atomic E-state index is 11.8. The average Bonchev–Trinajstić information content (AvgIpc) is 2.41. The lowest BCUT2D eigenvalue weighted by molar-refractivity contribution is 0.0943. The standard InChI is InChI=1S/C12H17BrN4OS/c1-2-3-4-5-15-12(19)17-16-11(18)9-6-10(13)8-14-7-9/h6-8H,2-5H2,1H3,(H,16,18)(H2,15,17,19). The van der Waals surface area contributed by atoms with Crippen LogP contribution in [0.2, 0.25) is 0 Å². The van der Waals surface area contributed by atoms with Gasteiger partial charge in [-0.25, -0.2) is 0 Å². The van der Waals surface area contributed by atoms with Crippen LogP contribution in [-0.4, -0.2) is 22.5 Å². The number of hydrogen-bond acceptors (Lipinski definition) is 3. The average molecular weight is 345 g/mol. The Bertz CT molecular complexity index is 441. The third-order valence-corrected chi connectivity index (χ3v) is 3.00. The van der Waals surface area contributed by atoms with Gasteiger partial charge in [-0.15, -0.1) is 0 Å². The molecule has 0 bridgehead atoms. The first kappa shape index (κ1) is 15.8. The molecule has 1 aromatic heterocycles. The zero-order chi connectivity index (χ0) is 14.1. The third kappa shape index (κ3) is 6.49. The topological polar surface area (TPSA) is 66.0 Å². The van der Waals surface area contributed by atoms with Crippen LogP contribution in [0.1, 0.15) is 36.5 Å². The van der Waals surface area contributed by atoms with Crippen LogP contribution in [0.25, 0.3) is 0 Å². The predicted octanol–water partition coefficient (Wildman–Crippen LogP) is 2.14. The van der Waals surface area contributed by atoms with Crippen molar-refractivity contribution in [3.05, 3.63) is 28.5 Å². The van der Waals surface area contributed by atoms with E-state index in [1.54, 1.807) is 12.3 Å². The normalized spacial score (nSPS) is 9.79. The summed E-state index contributed by atoms with van der Waals surface area (Å²) >= 11 is 8.29. The van der Waals surface area contributed by atoms with Crippen molar-refractivity contribution < 1.29 is 4.79 Å². The Balaban J connectivity index is 2.28. The number of amides is 1. The highest BCUT2D eigenvalue weighted by Gasteiger charge is 2.06. The number of nitrogens with zero attached hydrogens (tertiary/aromatic N) is 1. The number of pyridine rings is 1. The lowest BCUT2D eigenvalue weighted by Gasteiger charge is -2.11. The van der Waals surface area contributed by atoms with Gasteiger partial charge in [-0.3, -0.25) is 20.6 Å². The van der Waals surface area contributed by atoms with Crippen LogP contribution in [-0.2, 0) is 0 Å². The van der Waals surface area contributed by atoms with Gasteiger partial charge in [0.1, 0.15) is 0 Å². The van der Waals surface area contributed by atoms with Crippen molar-refractivity contribution in [3.8, 4) is 0 Å². The second kappa shape index (κ2) is 8.82. The van der Waals surface area contributed by atoms with E-state index < -0.39 is 0 Å². The van der Waals surface area contributed by atoms with E-state index in [0.29, 0.717) is 10.7 Å². The van der Waals surface area contributed by atoms with E-state index in [1.165, 1.54) is 6.20 Å². The number of hydrazine groups is 1. The summed E-state index contributed by atoms with van der Waals surface area (Å²) in [6, 6.07) is 1.68. The first-order valence-electron chi connectivity index (χ1n) is 6.08. The van der Waals surface area contributed by atoms with Gasteiger partial charge >= 0.3 is 0 Å². The van der Waals surface area contributed by atoms with Crippen LogP contribution in [0.15, 0.2) is 22.9 Å². The van der Waals surface area contributed by atoms with Crippen molar-refractivity contribution in [3.63, 3.8) is 0 Å². The molecule has 7 heteroatoms. The van der Waals surface area contributed by atoms with E-state index in [-0.39, 0.29) is 5.91 Å². The molecule has 104 valence electrons. The summed E-state index contributed by atoms with van der Waals surface area (Å²) < 4.78 is 0.750. The Morgan fingerprint density at radius 1 is 1.37 bits per heavy atom. The highest BCUT2D eigenvalue weighted by molar-refractivity contribution is 9.10. The number of halogens is 1. The van der Waals surface area contributed by atoms with Crippen molar-refractivity contribution in [1.82, 2.24) is 21.2 Å². The molecular formula is C12H17BrN4OS. The molecule has 1 heterocycles. The number of unbranched alkanes of at least 4 members (excludes halogenated alkanes) is 2. The molecule has 0 saturated carbocycles. The number of carbonyl (C=O) groups is 1. The van der Waals surface area contributed by atoms with Crippen molar-refractivity contribution >= 4 is 39.2 Å². The maximum Gasteiger partial charge on any atom is 0.271 e. The number of thiocarbonyl (C=S) groups is 1. The fraction of sp³-hybridized carbons (Fsp3) is 0.417. The maximum atomic E-state index is 11.8. The molecule has 0 fully saturated rings. The van der Waals surface area contributed by atoms with Crippen LogP contribution in [0, 0.1) is 0 Å². The number of hydrogen-bond donors (Lipinski definition) is 3. The van der Waals surface area contributed by atoms with E-state index in [2.05, 4.69) is 44.0 Å². The van der Waals surface area contributed by atoms with E-state index in [4.69, 9.17) is 12.2 Å². The molecule has 1 aromatic rings. The van der Waals surface area contributed by atoms with Gasteiger partial charge in [-0.05, 0) is 40.6 Å². The van der Waals surface area contributed by atoms with Gasteiger partial charge in [0.15, 0.2) is 5.11 Å². The second-order valence-corrected chi connectivity index (χ2v) is 5.26. The minimum Gasteiger partial charge on any atom is -0.361 e. The molecule has 0 unspecified atom stereocenters. The van der Waals surface area contributed by atoms with E-state index >= 15 is 0 Å². The highest BCUT2D eigenvalue weighted by Crippen LogP contribution is 2.08. The molecule has 0 aliphatic heterocycles. The summed E-state index contributed by atoms with van der Waals surface area (Å²) in [6.45, 7) is 2.94. The van der Waals surface area contributed by atoms with E-state index in [0.717, 1.165) is 30.3 Å². The molecule has 0 saturated heterocycles. The first-order valence-corrected chi connectivity index (χ1v) is 7.28.